The number of fused-ring (bicyclic) bond motifs is 1. The molecule has 0 radical (unpaired) electrons. The second-order valence-electron chi connectivity index (χ2n) is 7.20. The van der Waals surface area contributed by atoms with Gasteiger partial charge in [0.1, 0.15) is 37.0 Å². The number of aliphatic imine (C=N–C) groups is 3. The van der Waals surface area contributed by atoms with Crippen molar-refractivity contribution in [3.63, 3.8) is 0 Å². The third-order valence-corrected chi connectivity index (χ3v) is 5.75. The molecule has 0 aromatic carbocycles. The Hall–Kier alpha value is -1.43. The van der Waals surface area contributed by atoms with Crippen LogP contribution in [-0.4, -0.2) is 81.6 Å². The average Bonchev–Trinajstić information content (AvgIpc) is 3.19. The Kier molecular flexibility index (Phi) is 5.42. The van der Waals surface area contributed by atoms with Gasteiger partial charge in [-0.25, -0.2) is 9.98 Å². The van der Waals surface area contributed by atoms with Crippen molar-refractivity contribution in [1.29, 1.82) is 0 Å². The van der Waals surface area contributed by atoms with E-state index in [1.54, 1.807) is 4.90 Å². The van der Waals surface area contributed by atoms with Gasteiger partial charge in [0.05, 0.1) is 6.61 Å². The Morgan fingerprint density at radius 3 is 2.62 bits per heavy atom. The third kappa shape index (κ3) is 2.86. The van der Waals surface area contributed by atoms with Crippen LogP contribution in [0.3, 0.4) is 0 Å². The zero-order valence-corrected chi connectivity index (χ0v) is 14.7. The molecule has 2 fully saturated rings. The van der Waals surface area contributed by atoms with Crippen LogP contribution in [0.25, 0.3) is 0 Å². The van der Waals surface area contributed by atoms with Gasteiger partial charge in [0.15, 0.2) is 17.7 Å². The first-order valence-electron chi connectivity index (χ1n) is 8.91. The van der Waals surface area contributed by atoms with E-state index in [2.05, 4.69) is 15.0 Å². The third-order valence-electron chi connectivity index (χ3n) is 5.75. The van der Waals surface area contributed by atoms with Crippen molar-refractivity contribution in [2.75, 3.05) is 13.3 Å². The zero-order chi connectivity index (χ0) is 17.6. The molecule has 1 saturated heterocycles. The summed E-state index contributed by atoms with van der Waals surface area (Å²) in [4.78, 5) is 15.0. The predicted molar refractivity (Wildman–Crippen MR) is 96.3 cm³/mol. The quantitative estimate of drug-likeness (QED) is 0.424. The molecular weight excluding hydrogens is 340 g/mol. The number of nitrogens with zero attached hydrogens (tertiary/aromatic N) is 4. The van der Waals surface area contributed by atoms with Crippen LogP contribution in [0.4, 0.5) is 0 Å². The van der Waals surface area contributed by atoms with Crippen molar-refractivity contribution >= 4 is 17.9 Å². The van der Waals surface area contributed by atoms with Crippen molar-refractivity contribution in [1.82, 2.24) is 11.1 Å². The number of ether oxygens (including phenoxy) is 1. The minimum atomic E-state index is -1.16. The summed E-state index contributed by atoms with van der Waals surface area (Å²) in [7, 11) is 0. The molecule has 5 atom stereocenters. The Morgan fingerprint density at radius 1 is 1.23 bits per heavy atom. The molecule has 4 rings (SSSR count). The first-order valence-corrected chi connectivity index (χ1v) is 8.91. The molecule has 0 bridgehead atoms. The maximum Gasteiger partial charge on any atom is 0.162 e. The lowest BCUT2D eigenvalue weighted by atomic mass is 9.77. The second-order valence-corrected chi connectivity index (χ2v) is 7.20. The first-order chi connectivity index (χ1) is 12.1. The van der Waals surface area contributed by atoms with E-state index in [0.717, 1.165) is 25.7 Å². The molecule has 0 aromatic heterocycles. The largest absolute Gasteiger partial charge is 0.394 e. The highest BCUT2D eigenvalue weighted by molar-refractivity contribution is 6.47. The van der Waals surface area contributed by atoms with Crippen molar-refractivity contribution in [3.8, 4) is 0 Å². The Balaban J connectivity index is 0.00000196. The van der Waals surface area contributed by atoms with Crippen molar-refractivity contribution in [2.24, 2.45) is 26.6 Å². The lowest BCUT2D eigenvalue weighted by Crippen LogP contribution is -2.59. The van der Waals surface area contributed by atoms with E-state index in [0.29, 0.717) is 11.5 Å². The van der Waals surface area contributed by atoms with E-state index in [-0.39, 0.29) is 25.3 Å². The van der Waals surface area contributed by atoms with Gasteiger partial charge in [-0.1, -0.05) is 19.3 Å². The van der Waals surface area contributed by atoms with Crippen LogP contribution >= 0.6 is 0 Å². The maximum absolute atomic E-state index is 10.3. The molecule has 10 nitrogen and oxygen atoms in total. The van der Waals surface area contributed by atoms with Gasteiger partial charge in [-0.05, 0) is 12.8 Å². The van der Waals surface area contributed by atoms with Gasteiger partial charge < -0.3 is 36.8 Å². The van der Waals surface area contributed by atoms with Gasteiger partial charge >= 0.3 is 0 Å². The van der Waals surface area contributed by atoms with Gasteiger partial charge in [-0.2, -0.15) is 0 Å². The van der Waals surface area contributed by atoms with Crippen LogP contribution in [-0.2, 0) is 4.74 Å². The highest BCUT2D eigenvalue weighted by Gasteiger charge is 2.52. The highest BCUT2D eigenvalue weighted by Crippen LogP contribution is 2.37. The number of rotatable bonds is 3. The second kappa shape index (κ2) is 7.29. The molecule has 0 amide bonds. The van der Waals surface area contributed by atoms with Crippen molar-refractivity contribution in [2.45, 2.75) is 62.3 Å². The summed E-state index contributed by atoms with van der Waals surface area (Å²) >= 11 is 0. The van der Waals surface area contributed by atoms with Crippen LogP contribution < -0.4 is 11.9 Å². The molecule has 146 valence electrons. The fourth-order valence-electron chi connectivity index (χ4n) is 4.28. The number of aliphatic hydroxyl groups is 3. The molecule has 3 heterocycles. The zero-order valence-electron chi connectivity index (χ0n) is 14.7. The molecule has 4 aliphatic rings. The fourth-order valence-corrected chi connectivity index (χ4v) is 4.28. The van der Waals surface area contributed by atoms with E-state index in [9.17, 15) is 15.3 Å². The Morgan fingerprint density at radius 2 is 1.96 bits per heavy atom. The van der Waals surface area contributed by atoms with Crippen molar-refractivity contribution in [3.05, 3.63) is 0 Å². The lowest BCUT2D eigenvalue weighted by Gasteiger charge is -2.38. The lowest BCUT2D eigenvalue weighted by molar-refractivity contribution is -0.0688. The molecule has 3 aliphatic heterocycles. The van der Waals surface area contributed by atoms with Gasteiger partial charge in [0.25, 0.3) is 0 Å². The van der Waals surface area contributed by atoms with Crippen LogP contribution in [0.15, 0.2) is 15.0 Å². The highest BCUT2D eigenvalue weighted by atomic mass is 16.6. The summed E-state index contributed by atoms with van der Waals surface area (Å²) in [6, 6.07) is 0. The summed E-state index contributed by atoms with van der Waals surface area (Å²) in [6.45, 7) is -0.136. The number of hydrogen-bond donors (Lipinski definition) is 5. The molecule has 1 unspecified atom stereocenters. The summed E-state index contributed by atoms with van der Waals surface area (Å²) in [5, 5.41) is 29.6. The molecular formula is C16H28N6O4. The van der Waals surface area contributed by atoms with Gasteiger partial charge in [-0.15, -0.1) is 0 Å². The topological polar surface area (TPSA) is 171 Å². The number of amidine groups is 1. The van der Waals surface area contributed by atoms with Crippen molar-refractivity contribution < 1.29 is 20.1 Å². The monoisotopic (exact) mass is 368 g/mol. The van der Waals surface area contributed by atoms with E-state index in [1.807, 2.05) is 0 Å². The number of hydrogen-bond acceptors (Lipinski definition) is 10. The Bertz CT molecular complexity index is 620. The predicted octanol–water partition coefficient (Wildman–Crippen LogP) is -1.02. The standard InChI is InChI=1S/C16H25N5O4.H3N/c17-16(9-4-2-1-3-5-9)13-14(18-7-20-16)21(8-19-13)15-12(24)11(23)10(6-22)25-15;/h7,9-12,15,22-24H,1-6,8,17H2;1H3/t10-,11-,12-,15-,16?;/m1./s1. The van der Waals surface area contributed by atoms with E-state index in [1.165, 1.54) is 12.8 Å². The average molecular weight is 368 g/mol. The van der Waals surface area contributed by atoms with E-state index >= 15 is 0 Å². The maximum atomic E-state index is 10.3. The van der Waals surface area contributed by atoms with Crippen LogP contribution in [0, 0.1) is 5.92 Å². The summed E-state index contributed by atoms with van der Waals surface area (Å²) in [5.41, 5.74) is 6.39. The molecule has 26 heavy (non-hydrogen) atoms. The van der Waals surface area contributed by atoms with Gasteiger partial charge in [0.2, 0.25) is 0 Å². The SMILES string of the molecule is N.NC1(C2CCCCC2)N=CN=C2C1=NCN2[C@@H]1O[C@H](CO)[C@@H](O)[C@H]1O. The molecule has 0 spiro atoms. The van der Waals surface area contributed by atoms with Crippen LogP contribution in [0.1, 0.15) is 32.1 Å². The van der Waals surface area contributed by atoms with Crippen LogP contribution in [0.5, 0.6) is 0 Å². The smallest absolute Gasteiger partial charge is 0.162 e. The first kappa shape index (κ1) is 19.3. The summed E-state index contributed by atoms with van der Waals surface area (Å²) in [6.07, 6.45) is 3.00. The number of aliphatic hydroxyl groups excluding tert-OH is 3. The van der Waals surface area contributed by atoms with Gasteiger partial charge in [0, 0.05) is 5.92 Å². The normalized spacial score (nSPS) is 40.1. The molecule has 8 N–H and O–H groups in total. The summed E-state index contributed by atoms with van der Waals surface area (Å²) in [5.74, 6) is 0.754. The van der Waals surface area contributed by atoms with Gasteiger partial charge in [-0.3, -0.25) is 4.99 Å². The molecule has 1 aliphatic carbocycles. The summed E-state index contributed by atoms with van der Waals surface area (Å²) < 4.78 is 5.62. The van der Waals surface area contributed by atoms with Crippen LogP contribution in [0.2, 0.25) is 0 Å². The van der Waals surface area contributed by atoms with E-state index < -0.39 is 30.2 Å². The Labute approximate surface area is 152 Å². The minimum Gasteiger partial charge on any atom is -0.394 e. The fraction of sp³-hybridized carbons (Fsp3) is 0.812. The molecule has 1 saturated carbocycles. The van der Waals surface area contributed by atoms with E-state index in [4.69, 9.17) is 10.5 Å². The molecule has 10 heteroatoms. The molecule has 0 aromatic rings. The number of nitrogens with two attached hydrogens (primary N) is 1. The minimum absolute atomic E-state index is 0.